The summed E-state index contributed by atoms with van der Waals surface area (Å²) in [4.78, 5) is 12.7. The van der Waals surface area contributed by atoms with E-state index in [2.05, 4.69) is 5.32 Å². The largest absolute Gasteiger partial charge is 0.497 e. The molecule has 0 fully saturated rings. The Kier molecular flexibility index (Phi) is 6.77. The molecule has 0 aliphatic carbocycles. The van der Waals surface area contributed by atoms with Crippen molar-refractivity contribution in [2.24, 2.45) is 5.73 Å². The van der Waals surface area contributed by atoms with Crippen LogP contribution in [0.4, 0.5) is 0 Å². The van der Waals surface area contributed by atoms with Gasteiger partial charge in [-0.3, -0.25) is 10.2 Å². The minimum Gasteiger partial charge on any atom is -0.497 e. The number of ether oxygens (including phenoxy) is 2. The highest BCUT2D eigenvalue weighted by atomic mass is 16.5. The predicted octanol–water partition coefficient (Wildman–Crippen LogP) is 3.04. The van der Waals surface area contributed by atoms with E-state index in [1.165, 1.54) is 13.3 Å². The van der Waals surface area contributed by atoms with Gasteiger partial charge in [0.1, 0.15) is 23.3 Å². The number of carbonyl (C=O) groups is 1. The molecule has 7 heteroatoms. The van der Waals surface area contributed by atoms with Crippen LogP contribution in [0.2, 0.25) is 0 Å². The van der Waals surface area contributed by atoms with E-state index in [-0.39, 0.29) is 23.2 Å². The monoisotopic (exact) mass is 378 g/mol. The van der Waals surface area contributed by atoms with E-state index in [9.17, 15) is 4.79 Å². The number of benzene rings is 2. The van der Waals surface area contributed by atoms with Gasteiger partial charge in [-0.1, -0.05) is 18.2 Å². The number of hydrogen-bond acceptors (Lipinski definition) is 6. The van der Waals surface area contributed by atoms with Gasteiger partial charge in [-0.15, -0.1) is 0 Å². The lowest BCUT2D eigenvalue weighted by Gasteiger charge is -2.17. The molecule has 2 aromatic carbocycles. The van der Waals surface area contributed by atoms with Gasteiger partial charge in [0.2, 0.25) is 0 Å². The van der Waals surface area contributed by atoms with Crippen molar-refractivity contribution in [3.8, 4) is 17.6 Å². The quantitative estimate of drug-likeness (QED) is 0.639. The van der Waals surface area contributed by atoms with E-state index >= 15 is 0 Å². The van der Waals surface area contributed by atoms with Gasteiger partial charge in [0.15, 0.2) is 0 Å². The lowest BCUT2D eigenvalue weighted by Crippen LogP contribution is -2.27. The number of carbonyl (C=O) groups excluding carboxylic acids is 1. The molecule has 0 unspecified atom stereocenters. The molecule has 0 saturated carbocycles. The van der Waals surface area contributed by atoms with Gasteiger partial charge in [0.25, 0.3) is 5.91 Å². The molecule has 28 heavy (non-hydrogen) atoms. The smallest absolute Gasteiger partial charge is 0.255 e. The zero-order valence-corrected chi connectivity index (χ0v) is 15.9. The first-order chi connectivity index (χ1) is 13.4. The minimum absolute atomic E-state index is 0.252. The van der Waals surface area contributed by atoms with Crippen molar-refractivity contribution in [3.63, 3.8) is 0 Å². The molecule has 0 aromatic heterocycles. The summed E-state index contributed by atoms with van der Waals surface area (Å²) >= 11 is 0. The zero-order chi connectivity index (χ0) is 20.7. The highest BCUT2D eigenvalue weighted by Gasteiger charge is 2.18. The van der Waals surface area contributed by atoms with Gasteiger partial charge in [-0.2, -0.15) is 5.26 Å². The molecule has 0 spiro atoms. The molecule has 7 nitrogen and oxygen atoms in total. The second-order valence-electron chi connectivity index (χ2n) is 5.95. The highest BCUT2D eigenvalue weighted by Crippen LogP contribution is 2.26. The average Bonchev–Trinajstić information content (AvgIpc) is 2.73. The molecule has 0 heterocycles. The first-order valence-electron chi connectivity index (χ1n) is 8.49. The first-order valence-corrected chi connectivity index (χ1v) is 8.49. The van der Waals surface area contributed by atoms with Crippen molar-refractivity contribution < 1.29 is 14.3 Å². The summed E-state index contributed by atoms with van der Waals surface area (Å²) in [6.45, 7) is 1.87. The van der Waals surface area contributed by atoms with E-state index in [1.807, 2.05) is 31.2 Å². The number of nitrogens with one attached hydrogen (secondary N) is 2. The summed E-state index contributed by atoms with van der Waals surface area (Å²) in [5.74, 6) is 0.715. The van der Waals surface area contributed by atoms with Crippen LogP contribution in [0.15, 0.2) is 48.7 Å². The van der Waals surface area contributed by atoms with Crippen LogP contribution in [0.1, 0.15) is 34.5 Å². The number of allylic oxidation sites excluding steroid dienone is 1. The predicted molar refractivity (Wildman–Crippen MR) is 107 cm³/mol. The number of nitriles is 1. The van der Waals surface area contributed by atoms with E-state index < -0.39 is 0 Å². The van der Waals surface area contributed by atoms with Gasteiger partial charge in [-0.05, 0) is 42.3 Å². The van der Waals surface area contributed by atoms with Gasteiger partial charge in [0.05, 0.1) is 25.8 Å². The minimum atomic E-state index is -0.313. The normalized spacial score (nSPS) is 11.9. The summed E-state index contributed by atoms with van der Waals surface area (Å²) in [6.07, 6.45) is 1.19. The molecule has 144 valence electrons. The molecule has 2 aromatic rings. The summed E-state index contributed by atoms with van der Waals surface area (Å²) in [5.41, 5.74) is 7.28. The second kappa shape index (κ2) is 9.24. The molecular formula is C21H22N4O3. The van der Waals surface area contributed by atoms with Gasteiger partial charge >= 0.3 is 0 Å². The van der Waals surface area contributed by atoms with E-state index in [4.69, 9.17) is 25.9 Å². The number of nitrogens with zero attached hydrogens (tertiary/aromatic N) is 1. The van der Waals surface area contributed by atoms with Crippen LogP contribution >= 0.6 is 0 Å². The van der Waals surface area contributed by atoms with E-state index in [0.717, 1.165) is 5.56 Å². The van der Waals surface area contributed by atoms with Crippen LogP contribution in [-0.4, -0.2) is 25.8 Å². The fourth-order valence-electron chi connectivity index (χ4n) is 2.70. The van der Waals surface area contributed by atoms with Crippen molar-refractivity contribution in [1.82, 2.24) is 5.32 Å². The van der Waals surface area contributed by atoms with Crippen LogP contribution in [0, 0.1) is 16.7 Å². The second-order valence-corrected chi connectivity index (χ2v) is 5.95. The number of amides is 1. The van der Waals surface area contributed by atoms with Crippen LogP contribution in [0.25, 0.3) is 5.57 Å². The molecule has 0 aliphatic heterocycles. The summed E-state index contributed by atoms with van der Waals surface area (Å²) in [6, 6.07) is 13.7. The summed E-state index contributed by atoms with van der Waals surface area (Å²) in [7, 11) is 3.04. The first kappa shape index (κ1) is 20.5. The van der Waals surface area contributed by atoms with Crippen molar-refractivity contribution in [2.75, 3.05) is 14.2 Å². The third-order valence-corrected chi connectivity index (χ3v) is 4.25. The molecule has 1 amide bonds. The molecule has 0 aliphatic rings. The molecule has 0 radical (unpaired) electrons. The standard InChI is InChI=1S/C21H22N4O3/c1-13(14-5-4-6-16(9-14)27-2)25-21(26)17-8-7-15(10-20(17)28-3)18(11-22)19(24)12-23/h4-11,13,24H,22H2,1-3H3,(H,25,26)/b18-11-,24-19?/t13-/m1/s1. The fraction of sp³-hybridized carbons (Fsp3) is 0.190. The molecule has 4 N–H and O–H groups in total. The van der Waals surface area contributed by atoms with Crippen molar-refractivity contribution in [2.45, 2.75) is 13.0 Å². The van der Waals surface area contributed by atoms with Crippen LogP contribution < -0.4 is 20.5 Å². The topological polar surface area (TPSA) is 121 Å². The maximum absolute atomic E-state index is 12.7. The van der Waals surface area contributed by atoms with Crippen LogP contribution in [0.5, 0.6) is 11.5 Å². The molecule has 1 atom stereocenters. The Balaban J connectivity index is 2.28. The van der Waals surface area contributed by atoms with Crippen LogP contribution in [0.3, 0.4) is 0 Å². The third kappa shape index (κ3) is 4.48. The Labute approximate surface area is 163 Å². The summed E-state index contributed by atoms with van der Waals surface area (Å²) < 4.78 is 10.6. The van der Waals surface area contributed by atoms with Crippen molar-refractivity contribution in [3.05, 3.63) is 65.4 Å². The Morgan fingerprint density at radius 3 is 2.61 bits per heavy atom. The summed E-state index contributed by atoms with van der Waals surface area (Å²) in [5, 5.41) is 19.5. The van der Waals surface area contributed by atoms with Crippen molar-refractivity contribution in [1.29, 1.82) is 10.7 Å². The maximum Gasteiger partial charge on any atom is 0.255 e. The third-order valence-electron chi connectivity index (χ3n) is 4.25. The number of hydrogen-bond donors (Lipinski definition) is 3. The Morgan fingerprint density at radius 2 is 2.00 bits per heavy atom. The molecule has 2 rings (SSSR count). The molecule has 0 saturated heterocycles. The van der Waals surface area contributed by atoms with Gasteiger partial charge in [0, 0.05) is 11.8 Å². The number of nitrogens with two attached hydrogens (primary N) is 1. The number of rotatable bonds is 7. The Hall–Kier alpha value is -3.79. The molecular weight excluding hydrogens is 356 g/mol. The lowest BCUT2D eigenvalue weighted by atomic mass is 10.00. The SMILES string of the molecule is COc1cccc([C@@H](C)NC(=O)c2ccc(/C(=C/N)C(=N)C#N)cc2OC)c1. The Morgan fingerprint density at radius 1 is 1.25 bits per heavy atom. The van der Waals surface area contributed by atoms with Gasteiger partial charge < -0.3 is 20.5 Å². The van der Waals surface area contributed by atoms with E-state index in [1.54, 1.807) is 31.4 Å². The average molecular weight is 378 g/mol. The number of methoxy groups -OCH3 is 2. The fourth-order valence-corrected chi connectivity index (χ4v) is 2.70. The lowest BCUT2D eigenvalue weighted by molar-refractivity contribution is 0.0936. The maximum atomic E-state index is 12.7. The van der Waals surface area contributed by atoms with Gasteiger partial charge in [-0.25, -0.2) is 0 Å². The van der Waals surface area contributed by atoms with Crippen molar-refractivity contribution >= 4 is 17.2 Å². The Bertz CT molecular complexity index is 960. The van der Waals surface area contributed by atoms with Crippen LogP contribution in [-0.2, 0) is 0 Å². The van der Waals surface area contributed by atoms with E-state index in [0.29, 0.717) is 22.6 Å². The molecule has 0 bridgehead atoms. The highest BCUT2D eigenvalue weighted by molar-refractivity contribution is 6.29. The zero-order valence-electron chi connectivity index (χ0n) is 15.9.